The second-order valence-electron chi connectivity index (χ2n) is 3.07. The third-order valence-electron chi connectivity index (χ3n) is 2.03. The monoisotopic (exact) mass is 234 g/mol. The number of hydrogen-bond donors (Lipinski definition) is 2. The van der Waals surface area contributed by atoms with E-state index in [-0.39, 0.29) is 10.7 Å². The van der Waals surface area contributed by atoms with E-state index >= 15 is 0 Å². The number of nitrogens with zero attached hydrogens (tertiary/aromatic N) is 2. The molecule has 0 radical (unpaired) electrons. The quantitative estimate of drug-likeness (QED) is 0.775. The van der Waals surface area contributed by atoms with E-state index in [2.05, 4.69) is 15.0 Å². The fourth-order valence-electron chi connectivity index (χ4n) is 1.37. The van der Waals surface area contributed by atoms with Gasteiger partial charge in [0.2, 0.25) is 10.7 Å². The van der Waals surface area contributed by atoms with Crippen LogP contribution in [0.1, 0.15) is 0 Å². The molecule has 16 heavy (non-hydrogen) atoms. The molecule has 0 aliphatic heterocycles. The van der Waals surface area contributed by atoms with Gasteiger partial charge in [0.1, 0.15) is 11.6 Å². The number of nitrogens with two attached hydrogens (primary N) is 1. The minimum Gasteiger partial charge on any atom is -0.496 e. The van der Waals surface area contributed by atoms with Crippen LogP contribution in [0, 0.1) is 4.77 Å². The number of rotatable bonds is 2. The summed E-state index contributed by atoms with van der Waals surface area (Å²) in [4.78, 5) is 10.7. The van der Waals surface area contributed by atoms with Gasteiger partial charge in [0.15, 0.2) is 0 Å². The normalized spacial score (nSPS) is 10.1. The molecule has 1 aromatic heterocycles. The highest BCUT2D eigenvalue weighted by Crippen LogP contribution is 2.26. The summed E-state index contributed by atoms with van der Waals surface area (Å²) >= 11 is 4.90. The van der Waals surface area contributed by atoms with E-state index in [1.165, 1.54) is 0 Å². The fraction of sp³-hybridized carbons (Fsp3) is 0.100. The van der Waals surface area contributed by atoms with E-state index in [1.54, 1.807) is 7.11 Å². The number of nitrogen functional groups attached to an aromatic ring is 1. The number of aromatic amines is 1. The van der Waals surface area contributed by atoms with Gasteiger partial charge in [-0.3, -0.25) is 0 Å². The zero-order chi connectivity index (χ0) is 11.5. The molecular formula is C10H10N4OS. The lowest BCUT2D eigenvalue weighted by molar-refractivity contribution is 0.416. The maximum absolute atomic E-state index is 5.57. The highest BCUT2D eigenvalue weighted by Gasteiger charge is 2.07. The predicted octanol–water partition coefficient (Wildman–Crippen LogP) is 1.79. The molecule has 1 heterocycles. The summed E-state index contributed by atoms with van der Waals surface area (Å²) in [6, 6.07) is 7.46. The summed E-state index contributed by atoms with van der Waals surface area (Å²) in [5.74, 6) is 1.49. The number of benzene rings is 1. The zero-order valence-corrected chi connectivity index (χ0v) is 9.41. The molecule has 3 N–H and O–H groups in total. The molecule has 0 aliphatic carbocycles. The zero-order valence-electron chi connectivity index (χ0n) is 8.60. The van der Waals surface area contributed by atoms with Crippen molar-refractivity contribution >= 4 is 18.2 Å². The molecule has 6 heteroatoms. The van der Waals surface area contributed by atoms with E-state index in [1.807, 2.05) is 24.3 Å². The number of anilines is 1. The average Bonchev–Trinajstić information content (AvgIpc) is 2.27. The van der Waals surface area contributed by atoms with Gasteiger partial charge < -0.3 is 15.5 Å². The average molecular weight is 234 g/mol. The molecule has 2 aromatic rings. The maximum atomic E-state index is 5.57. The molecule has 0 aliphatic rings. The molecule has 0 fully saturated rings. The highest BCUT2D eigenvalue weighted by atomic mass is 32.1. The minimum absolute atomic E-state index is 0.206. The Bertz CT molecular complexity index is 567. The van der Waals surface area contributed by atoms with Crippen molar-refractivity contribution in [1.29, 1.82) is 0 Å². The van der Waals surface area contributed by atoms with E-state index in [0.717, 1.165) is 5.56 Å². The van der Waals surface area contributed by atoms with Crippen LogP contribution in [0.4, 0.5) is 5.95 Å². The Labute approximate surface area is 97.3 Å². The Morgan fingerprint density at radius 1 is 1.31 bits per heavy atom. The van der Waals surface area contributed by atoms with Crippen molar-refractivity contribution in [1.82, 2.24) is 15.0 Å². The standard InChI is InChI=1S/C10H10N4OS/c1-15-7-5-3-2-4-6(7)8-12-9(11)14-10(16)13-8/h2-5H,1H3,(H3,11,12,13,14,16). The summed E-state index contributed by atoms with van der Waals surface area (Å²) < 4.78 is 5.43. The first kappa shape index (κ1) is 10.6. The summed E-state index contributed by atoms with van der Waals surface area (Å²) in [5.41, 5.74) is 6.37. The van der Waals surface area contributed by atoms with Crippen LogP contribution in [0.15, 0.2) is 24.3 Å². The molecular weight excluding hydrogens is 224 g/mol. The van der Waals surface area contributed by atoms with Gasteiger partial charge in [-0.2, -0.15) is 4.98 Å². The second kappa shape index (κ2) is 4.28. The van der Waals surface area contributed by atoms with Crippen LogP contribution >= 0.6 is 12.2 Å². The van der Waals surface area contributed by atoms with Crippen LogP contribution in [0.5, 0.6) is 5.75 Å². The summed E-state index contributed by atoms with van der Waals surface area (Å²) in [5, 5.41) is 0. The van der Waals surface area contributed by atoms with Crippen LogP contribution in [0.2, 0.25) is 0 Å². The molecule has 0 amide bonds. The van der Waals surface area contributed by atoms with E-state index in [9.17, 15) is 0 Å². The largest absolute Gasteiger partial charge is 0.496 e. The van der Waals surface area contributed by atoms with Crippen LogP contribution in [0.25, 0.3) is 11.4 Å². The minimum atomic E-state index is 0.206. The van der Waals surface area contributed by atoms with Crippen LogP contribution in [0.3, 0.4) is 0 Å². The third kappa shape index (κ3) is 2.01. The lowest BCUT2D eigenvalue weighted by atomic mass is 10.2. The topological polar surface area (TPSA) is 76.8 Å². The molecule has 5 nitrogen and oxygen atoms in total. The third-order valence-corrected chi connectivity index (χ3v) is 2.21. The van der Waals surface area contributed by atoms with Gasteiger partial charge in [-0.25, -0.2) is 4.98 Å². The van der Waals surface area contributed by atoms with E-state index in [4.69, 9.17) is 22.7 Å². The molecule has 82 valence electrons. The fourth-order valence-corrected chi connectivity index (χ4v) is 1.56. The van der Waals surface area contributed by atoms with Crippen molar-refractivity contribution in [3.8, 4) is 17.1 Å². The van der Waals surface area contributed by atoms with Gasteiger partial charge in [0.05, 0.1) is 12.7 Å². The predicted molar refractivity (Wildman–Crippen MR) is 63.6 cm³/mol. The highest BCUT2D eigenvalue weighted by molar-refractivity contribution is 7.71. The van der Waals surface area contributed by atoms with Gasteiger partial charge in [-0.1, -0.05) is 12.1 Å². The first-order valence-electron chi connectivity index (χ1n) is 4.58. The molecule has 0 bridgehead atoms. The molecule has 0 unspecified atom stereocenters. The van der Waals surface area contributed by atoms with Gasteiger partial charge >= 0.3 is 0 Å². The van der Waals surface area contributed by atoms with Crippen molar-refractivity contribution in [2.24, 2.45) is 0 Å². The Kier molecular flexibility index (Phi) is 2.82. The molecule has 0 atom stereocenters. The molecule has 0 spiro atoms. The van der Waals surface area contributed by atoms with Gasteiger partial charge in [-0.05, 0) is 24.4 Å². The SMILES string of the molecule is COc1ccccc1-c1nc(=S)nc(N)[nH]1. The maximum Gasteiger partial charge on any atom is 0.224 e. The first-order chi connectivity index (χ1) is 7.70. The molecule has 1 aromatic carbocycles. The molecule has 2 rings (SSSR count). The van der Waals surface area contributed by atoms with E-state index in [0.29, 0.717) is 11.6 Å². The lowest BCUT2D eigenvalue weighted by Crippen LogP contribution is -2.00. The Morgan fingerprint density at radius 2 is 2.06 bits per heavy atom. The van der Waals surface area contributed by atoms with Crippen LogP contribution < -0.4 is 10.5 Å². The van der Waals surface area contributed by atoms with E-state index < -0.39 is 0 Å². The van der Waals surface area contributed by atoms with Crippen molar-refractivity contribution in [3.05, 3.63) is 29.0 Å². The van der Waals surface area contributed by atoms with Gasteiger partial charge in [0.25, 0.3) is 0 Å². The van der Waals surface area contributed by atoms with Gasteiger partial charge in [-0.15, -0.1) is 0 Å². The van der Waals surface area contributed by atoms with Crippen molar-refractivity contribution < 1.29 is 4.74 Å². The lowest BCUT2D eigenvalue weighted by Gasteiger charge is -2.07. The number of H-pyrrole nitrogens is 1. The Hall–Kier alpha value is -1.95. The van der Waals surface area contributed by atoms with Crippen molar-refractivity contribution in [2.75, 3.05) is 12.8 Å². The van der Waals surface area contributed by atoms with Crippen LogP contribution in [-0.4, -0.2) is 22.1 Å². The smallest absolute Gasteiger partial charge is 0.224 e. The summed E-state index contributed by atoms with van der Waals surface area (Å²) in [6.07, 6.45) is 0. The number of aromatic nitrogens is 3. The number of ether oxygens (including phenoxy) is 1. The Morgan fingerprint density at radius 3 is 2.75 bits per heavy atom. The number of methoxy groups -OCH3 is 1. The number of nitrogens with one attached hydrogen (secondary N) is 1. The first-order valence-corrected chi connectivity index (χ1v) is 4.99. The summed E-state index contributed by atoms with van der Waals surface area (Å²) in [7, 11) is 1.60. The summed E-state index contributed by atoms with van der Waals surface area (Å²) in [6.45, 7) is 0. The number of hydrogen-bond acceptors (Lipinski definition) is 5. The van der Waals surface area contributed by atoms with Crippen LogP contribution in [-0.2, 0) is 0 Å². The van der Waals surface area contributed by atoms with Gasteiger partial charge in [0, 0.05) is 0 Å². The molecule has 0 saturated carbocycles. The molecule has 0 saturated heterocycles. The Balaban J connectivity index is 2.62. The van der Waals surface area contributed by atoms with Crippen molar-refractivity contribution in [2.45, 2.75) is 0 Å². The number of para-hydroxylation sites is 1. The van der Waals surface area contributed by atoms with Crippen molar-refractivity contribution in [3.63, 3.8) is 0 Å². The second-order valence-corrected chi connectivity index (χ2v) is 3.43.